The summed E-state index contributed by atoms with van der Waals surface area (Å²) >= 11 is 1.54. The Balaban J connectivity index is 1.33. The molecule has 0 unspecified atom stereocenters. The van der Waals surface area contributed by atoms with E-state index in [0.29, 0.717) is 28.4 Å². The van der Waals surface area contributed by atoms with Crippen molar-refractivity contribution in [2.45, 2.75) is 6.54 Å². The van der Waals surface area contributed by atoms with Crippen LogP contribution < -0.4 is 10.6 Å². The second kappa shape index (κ2) is 8.53. The zero-order valence-electron chi connectivity index (χ0n) is 15.3. The van der Waals surface area contributed by atoms with Gasteiger partial charge >= 0.3 is 0 Å². The highest BCUT2D eigenvalue weighted by Gasteiger charge is 2.11. The van der Waals surface area contributed by atoms with Gasteiger partial charge in [0, 0.05) is 16.8 Å². The number of anilines is 1. The Bertz CT molecular complexity index is 1100. The normalized spacial score (nSPS) is 10.5. The van der Waals surface area contributed by atoms with Crippen molar-refractivity contribution < 1.29 is 14.0 Å². The molecule has 2 amide bonds. The van der Waals surface area contributed by atoms with Gasteiger partial charge in [-0.15, -0.1) is 11.3 Å². The van der Waals surface area contributed by atoms with Gasteiger partial charge < -0.3 is 15.1 Å². The molecule has 0 aliphatic carbocycles. The third-order valence-corrected chi connectivity index (χ3v) is 5.01. The van der Waals surface area contributed by atoms with Gasteiger partial charge in [0.2, 0.25) is 5.89 Å². The minimum Gasteiger partial charge on any atom is -0.443 e. The van der Waals surface area contributed by atoms with E-state index in [-0.39, 0.29) is 18.4 Å². The van der Waals surface area contributed by atoms with E-state index in [1.807, 2.05) is 23.6 Å². The van der Waals surface area contributed by atoms with Crippen LogP contribution >= 0.6 is 11.3 Å². The van der Waals surface area contributed by atoms with E-state index in [1.165, 1.54) is 6.26 Å². The van der Waals surface area contributed by atoms with E-state index in [2.05, 4.69) is 15.6 Å². The quantitative estimate of drug-likeness (QED) is 0.493. The standard InChI is InChI=1S/C22H17N3O3S/c26-20(23-13-18-14-28-22(25-18)19-7-4-12-29-19)16-8-10-17(11-9-16)24-21(27)15-5-2-1-3-6-15/h1-12,14H,13H2,(H,23,26)(H,24,27). The van der Waals surface area contributed by atoms with Crippen LogP contribution in [-0.2, 0) is 6.54 Å². The Labute approximate surface area is 171 Å². The van der Waals surface area contributed by atoms with Gasteiger partial charge in [-0.2, -0.15) is 0 Å². The van der Waals surface area contributed by atoms with Crippen LogP contribution in [0.25, 0.3) is 10.8 Å². The molecule has 7 heteroatoms. The van der Waals surface area contributed by atoms with Crippen molar-refractivity contribution in [3.63, 3.8) is 0 Å². The topological polar surface area (TPSA) is 84.2 Å². The highest BCUT2D eigenvalue weighted by Crippen LogP contribution is 2.23. The average molecular weight is 403 g/mol. The molecule has 4 rings (SSSR count). The Morgan fingerprint density at radius 3 is 2.38 bits per heavy atom. The molecular weight excluding hydrogens is 386 g/mol. The highest BCUT2D eigenvalue weighted by atomic mass is 32.1. The molecule has 0 atom stereocenters. The molecule has 0 aliphatic heterocycles. The molecule has 0 fully saturated rings. The number of oxazole rings is 1. The molecule has 0 aliphatic rings. The van der Waals surface area contributed by atoms with E-state index < -0.39 is 0 Å². The number of carbonyl (C=O) groups excluding carboxylic acids is 2. The molecule has 6 nitrogen and oxygen atoms in total. The van der Waals surface area contributed by atoms with Gasteiger partial charge in [0.25, 0.3) is 11.8 Å². The SMILES string of the molecule is O=C(NCc1coc(-c2cccs2)n1)c1ccc(NC(=O)c2ccccc2)cc1. The molecule has 0 bridgehead atoms. The molecule has 29 heavy (non-hydrogen) atoms. The summed E-state index contributed by atoms with van der Waals surface area (Å²) in [6, 6.07) is 19.5. The molecule has 0 saturated carbocycles. The lowest BCUT2D eigenvalue weighted by Crippen LogP contribution is -2.23. The third kappa shape index (κ3) is 4.59. The molecule has 2 aromatic heterocycles. The number of hydrogen-bond donors (Lipinski definition) is 2. The number of carbonyl (C=O) groups is 2. The van der Waals surface area contributed by atoms with E-state index in [1.54, 1.807) is 59.9 Å². The molecular formula is C22H17N3O3S. The van der Waals surface area contributed by atoms with Gasteiger partial charge in [0.1, 0.15) is 6.26 Å². The lowest BCUT2D eigenvalue weighted by atomic mass is 10.1. The van der Waals surface area contributed by atoms with Crippen molar-refractivity contribution in [3.8, 4) is 10.8 Å². The first-order chi connectivity index (χ1) is 14.2. The maximum atomic E-state index is 12.4. The summed E-state index contributed by atoms with van der Waals surface area (Å²) in [6.45, 7) is 0.264. The highest BCUT2D eigenvalue weighted by molar-refractivity contribution is 7.13. The van der Waals surface area contributed by atoms with Crippen LogP contribution in [0, 0.1) is 0 Å². The van der Waals surface area contributed by atoms with E-state index >= 15 is 0 Å². The monoisotopic (exact) mass is 403 g/mol. The van der Waals surface area contributed by atoms with Gasteiger partial charge in [0.05, 0.1) is 17.1 Å². The molecule has 0 spiro atoms. The minimum absolute atomic E-state index is 0.199. The number of nitrogens with zero attached hydrogens (tertiary/aromatic N) is 1. The molecule has 144 valence electrons. The van der Waals surface area contributed by atoms with Crippen molar-refractivity contribution >= 4 is 28.8 Å². The van der Waals surface area contributed by atoms with E-state index in [9.17, 15) is 9.59 Å². The number of rotatable bonds is 6. The zero-order chi connectivity index (χ0) is 20.1. The smallest absolute Gasteiger partial charge is 0.255 e. The Morgan fingerprint density at radius 1 is 0.897 bits per heavy atom. The first-order valence-electron chi connectivity index (χ1n) is 8.92. The fourth-order valence-electron chi connectivity index (χ4n) is 2.67. The van der Waals surface area contributed by atoms with Crippen LogP contribution in [0.1, 0.15) is 26.4 Å². The fraction of sp³-hybridized carbons (Fsp3) is 0.0455. The summed E-state index contributed by atoms with van der Waals surface area (Å²) in [6.07, 6.45) is 1.54. The summed E-state index contributed by atoms with van der Waals surface area (Å²) < 4.78 is 5.44. The van der Waals surface area contributed by atoms with Crippen molar-refractivity contribution in [1.29, 1.82) is 0 Å². The summed E-state index contributed by atoms with van der Waals surface area (Å²) in [4.78, 5) is 29.8. The predicted molar refractivity (Wildman–Crippen MR) is 112 cm³/mol. The van der Waals surface area contributed by atoms with Gasteiger partial charge in [-0.3, -0.25) is 9.59 Å². The van der Waals surface area contributed by atoms with Crippen LogP contribution in [0.2, 0.25) is 0 Å². The molecule has 4 aromatic rings. The zero-order valence-corrected chi connectivity index (χ0v) is 16.1. The first kappa shape index (κ1) is 18.6. The van der Waals surface area contributed by atoms with Crippen molar-refractivity contribution in [1.82, 2.24) is 10.3 Å². The molecule has 0 radical (unpaired) electrons. The van der Waals surface area contributed by atoms with Crippen LogP contribution in [0.5, 0.6) is 0 Å². The molecule has 2 aromatic carbocycles. The fourth-order valence-corrected chi connectivity index (χ4v) is 3.33. The maximum Gasteiger partial charge on any atom is 0.255 e. The maximum absolute atomic E-state index is 12.4. The lowest BCUT2D eigenvalue weighted by molar-refractivity contribution is 0.0950. The largest absolute Gasteiger partial charge is 0.443 e. The Kier molecular flexibility index (Phi) is 5.49. The van der Waals surface area contributed by atoms with Gasteiger partial charge in [0.15, 0.2) is 0 Å². The summed E-state index contributed by atoms with van der Waals surface area (Å²) in [5.74, 6) is 0.116. The van der Waals surface area contributed by atoms with Crippen molar-refractivity contribution in [3.05, 3.63) is 95.2 Å². The van der Waals surface area contributed by atoms with Crippen LogP contribution in [0.4, 0.5) is 5.69 Å². The van der Waals surface area contributed by atoms with Crippen LogP contribution in [-0.4, -0.2) is 16.8 Å². The lowest BCUT2D eigenvalue weighted by Gasteiger charge is -2.07. The van der Waals surface area contributed by atoms with Crippen molar-refractivity contribution in [2.24, 2.45) is 0 Å². The van der Waals surface area contributed by atoms with E-state index in [0.717, 1.165) is 4.88 Å². The Hall–Kier alpha value is -3.71. The number of benzene rings is 2. The minimum atomic E-state index is -0.230. The van der Waals surface area contributed by atoms with Crippen LogP contribution in [0.15, 0.2) is 82.8 Å². The first-order valence-corrected chi connectivity index (χ1v) is 9.80. The van der Waals surface area contributed by atoms with Gasteiger partial charge in [-0.05, 0) is 47.8 Å². The number of hydrogen-bond acceptors (Lipinski definition) is 5. The predicted octanol–water partition coefficient (Wildman–Crippen LogP) is 4.59. The summed E-state index contributed by atoms with van der Waals surface area (Å²) in [5.41, 5.74) is 2.33. The number of aromatic nitrogens is 1. The third-order valence-electron chi connectivity index (χ3n) is 4.15. The number of amides is 2. The molecule has 2 heterocycles. The van der Waals surface area contributed by atoms with E-state index in [4.69, 9.17) is 4.42 Å². The average Bonchev–Trinajstić information content (AvgIpc) is 3.45. The summed E-state index contributed by atoms with van der Waals surface area (Å²) in [7, 11) is 0. The van der Waals surface area contributed by atoms with Gasteiger partial charge in [-0.25, -0.2) is 4.98 Å². The second-order valence-corrected chi connectivity index (χ2v) is 7.15. The van der Waals surface area contributed by atoms with Crippen LogP contribution in [0.3, 0.4) is 0 Å². The summed E-state index contributed by atoms with van der Waals surface area (Å²) in [5, 5.41) is 7.57. The molecule has 0 saturated heterocycles. The number of nitrogens with one attached hydrogen (secondary N) is 2. The number of thiophene rings is 1. The van der Waals surface area contributed by atoms with Gasteiger partial charge in [-0.1, -0.05) is 24.3 Å². The Morgan fingerprint density at radius 2 is 1.66 bits per heavy atom. The van der Waals surface area contributed by atoms with Crippen molar-refractivity contribution in [2.75, 3.05) is 5.32 Å². The molecule has 2 N–H and O–H groups in total. The second-order valence-electron chi connectivity index (χ2n) is 6.20.